The average molecular weight is 479 g/mol. The van der Waals surface area contributed by atoms with E-state index in [0.717, 1.165) is 26.8 Å². The fraction of sp³-hybridized carbons (Fsp3) is 0.0870. The van der Waals surface area contributed by atoms with E-state index in [1.54, 1.807) is 28.9 Å². The zero-order valence-electron chi connectivity index (χ0n) is 16.8. The van der Waals surface area contributed by atoms with Gasteiger partial charge in [0.05, 0.1) is 6.21 Å². The predicted molar refractivity (Wildman–Crippen MR) is 123 cm³/mol. The van der Waals surface area contributed by atoms with Crippen LogP contribution in [0.25, 0.3) is 11.0 Å². The standard InChI is InChI=1S/C23H19BrN4O3/c1-14-10-18(15(2)28(14)27-22(29)16-6-4-3-5-7-16)13-25-26-23(30)21-12-17-11-19(24)8-9-20(17)31-21/h3-13H,1-2H3,(H,26,30)(H,27,29)/b25-13+. The number of nitrogens with zero attached hydrogens (tertiary/aromatic N) is 2. The quantitative estimate of drug-likeness (QED) is 0.320. The third-order valence-corrected chi connectivity index (χ3v) is 5.28. The highest BCUT2D eigenvalue weighted by Gasteiger charge is 2.13. The van der Waals surface area contributed by atoms with Crippen LogP contribution >= 0.6 is 15.9 Å². The molecule has 0 spiro atoms. The minimum Gasteiger partial charge on any atom is -0.451 e. The lowest BCUT2D eigenvalue weighted by molar-refractivity contribution is 0.0929. The van der Waals surface area contributed by atoms with Crippen molar-refractivity contribution in [2.24, 2.45) is 5.10 Å². The fourth-order valence-corrected chi connectivity index (χ4v) is 3.57. The number of halogens is 1. The Morgan fingerprint density at radius 2 is 1.81 bits per heavy atom. The summed E-state index contributed by atoms with van der Waals surface area (Å²) in [7, 11) is 0. The van der Waals surface area contributed by atoms with Gasteiger partial charge in [-0.2, -0.15) is 5.10 Å². The van der Waals surface area contributed by atoms with Crippen molar-refractivity contribution < 1.29 is 14.0 Å². The Hall–Kier alpha value is -3.65. The van der Waals surface area contributed by atoms with Crippen LogP contribution in [0.1, 0.15) is 37.9 Å². The highest BCUT2D eigenvalue weighted by Crippen LogP contribution is 2.23. The Morgan fingerprint density at radius 3 is 2.58 bits per heavy atom. The van der Waals surface area contributed by atoms with E-state index in [1.165, 1.54) is 6.21 Å². The number of carbonyl (C=O) groups is 2. The van der Waals surface area contributed by atoms with Gasteiger partial charge in [0.25, 0.3) is 5.91 Å². The van der Waals surface area contributed by atoms with Crippen LogP contribution in [0.2, 0.25) is 0 Å². The first kappa shape index (κ1) is 20.6. The van der Waals surface area contributed by atoms with Crippen LogP contribution in [0.4, 0.5) is 0 Å². The monoisotopic (exact) mass is 478 g/mol. The molecule has 7 nitrogen and oxygen atoms in total. The number of hydrazone groups is 1. The third-order valence-electron chi connectivity index (χ3n) is 4.79. The maximum atomic E-state index is 12.4. The number of hydrogen-bond donors (Lipinski definition) is 2. The van der Waals surface area contributed by atoms with Crippen LogP contribution in [-0.4, -0.2) is 22.7 Å². The number of hydrogen-bond acceptors (Lipinski definition) is 4. The van der Waals surface area contributed by atoms with Crippen molar-refractivity contribution in [3.8, 4) is 0 Å². The Bertz CT molecular complexity index is 1310. The minimum atomic E-state index is -0.449. The number of benzene rings is 2. The van der Waals surface area contributed by atoms with Crippen molar-refractivity contribution in [1.29, 1.82) is 0 Å². The number of nitrogens with one attached hydrogen (secondary N) is 2. The van der Waals surface area contributed by atoms with Crippen molar-refractivity contribution in [1.82, 2.24) is 10.1 Å². The van der Waals surface area contributed by atoms with Crippen molar-refractivity contribution in [2.45, 2.75) is 13.8 Å². The molecule has 31 heavy (non-hydrogen) atoms. The topological polar surface area (TPSA) is 88.6 Å². The summed E-state index contributed by atoms with van der Waals surface area (Å²) in [5.74, 6) is -0.490. The lowest BCUT2D eigenvalue weighted by atomic mass is 10.2. The molecule has 8 heteroatoms. The molecule has 0 saturated heterocycles. The number of amides is 2. The number of fused-ring (bicyclic) bond motifs is 1. The summed E-state index contributed by atoms with van der Waals surface area (Å²) in [6, 6.07) is 18.0. The molecule has 0 fully saturated rings. The van der Waals surface area contributed by atoms with E-state index in [-0.39, 0.29) is 11.7 Å². The van der Waals surface area contributed by atoms with Crippen molar-refractivity contribution in [3.05, 3.63) is 93.4 Å². The van der Waals surface area contributed by atoms with E-state index in [2.05, 4.69) is 31.9 Å². The first-order chi connectivity index (χ1) is 14.9. The average Bonchev–Trinajstić information content (AvgIpc) is 3.30. The summed E-state index contributed by atoms with van der Waals surface area (Å²) in [5, 5.41) is 4.86. The molecular weight excluding hydrogens is 460 g/mol. The van der Waals surface area contributed by atoms with Crippen molar-refractivity contribution in [2.75, 3.05) is 5.43 Å². The van der Waals surface area contributed by atoms with Crippen molar-refractivity contribution >= 4 is 44.9 Å². The van der Waals surface area contributed by atoms with Crippen LogP contribution in [0.5, 0.6) is 0 Å². The summed E-state index contributed by atoms with van der Waals surface area (Å²) < 4.78 is 8.16. The molecule has 0 aliphatic heterocycles. The molecule has 0 bridgehead atoms. The maximum absolute atomic E-state index is 12.4. The van der Waals surface area contributed by atoms with Crippen LogP contribution in [0, 0.1) is 13.8 Å². The van der Waals surface area contributed by atoms with Gasteiger partial charge in [0.2, 0.25) is 0 Å². The summed E-state index contributed by atoms with van der Waals surface area (Å²) >= 11 is 3.40. The van der Waals surface area contributed by atoms with Crippen LogP contribution in [0.3, 0.4) is 0 Å². The highest BCUT2D eigenvalue weighted by atomic mass is 79.9. The zero-order chi connectivity index (χ0) is 22.0. The fourth-order valence-electron chi connectivity index (χ4n) is 3.19. The lowest BCUT2D eigenvalue weighted by Gasteiger charge is -2.11. The second-order valence-corrected chi connectivity index (χ2v) is 7.88. The van der Waals surface area contributed by atoms with Crippen LogP contribution < -0.4 is 10.9 Å². The van der Waals surface area contributed by atoms with E-state index in [9.17, 15) is 9.59 Å². The smallest absolute Gasteiger partial charge is 0.307 e. The Morgan fingerprint density at radius 1 is 1.03 bits per heavy atom. The van der Waals surface area contributed by atoms with Gasteiger partial charge in [-0.1, -0.05) is 34.1 Å². The molecule has 0 aliphatic carbocycles. The highest BCUT2D eigenvalue weighted by molar-refractivity contribution is 9.10. The maximum Gasteiger partial charge on any atom is 0.307 e. The van der Waals surface area contributed by atoms with Crippen LogP contribution in [0.15, 0.2) is 74.7 Å². The van der Waals surface area contributed by atoms with E-state index in [0.29, 0.717) is 11.1 Å². The van der Waals surface area contributed by atoms with Gasteiger partial charge >= 0.3 is 5.91 Å². The van der Waals surface area contributed by atoms with Gasteiger partial charge in [-0.05, 0) is 56.3 Å². The van der Waals surface area contributed by atoms with Crippen LogP contribution in [-0.2, 0) is 0 Å². The summed E-state index contributed by atoms with van der Waals surface area (Å²) in [4.78, 5) is 24.8. The van der Waals surface area contributed by atoms with Crippen molar-refractivity contribution in [3.63, 3.8) is 0 Å². The SMILES string of the molecule is Cc1cc(/C=N/NC(=O)c2cc3cc(Br)ccc3o2)c(C)n1NC(=O)c1ccccc1. The van der Waals surface area contributed by atoms with E-state index in [1.807, 2.05) is 50.2 Å². The van der Waals surface area contributed by atoms with Gasteiger partial charge in [0.1, 0.15) is 5.58 Å². The molecule has 0 atom stereocenters. The largest absolute Gasteiger partial charge is 0.451 e. The molecule has 4 aromatic rings. The molecule has 0 unspecified atom stereocenters. The Balaban J connectivity index is 1.45. The molecule has 2 heterocycles. The Labute approximate surface area is 186 Å². The molecule has 2 N–H and O–H groups in total. The molecule has 4 rings (SSSR count). The van der Waals surface area contributed by atoms with Gasteiger partial charge in [0, 0.05) is 32.4 Å². The lowest BCUT2D eigenvalue weighted by Crippen LogP contribution is -2.24. The van der Waals surface area contributed by atoms with Gasteiger partial charge in [-0.15, -0.1) is 0 Å². The van der Waals surface area contributed by atoms with Gasteiger partial charge < -0.3 is 4.42 Å². The number of carbonyl (C=O) groups excluding carboxylic acids is 2. The van der Waals surface area contributed by atoms with E-state index >= 15 is 0 Å². The number of aryl methyl sites for hydroxylation is 1. The normalized spacial score (nSPS) is 11.2. The first-order valence-corrected chi connectivity index (χ1v) is 10.3. The van der Waals surface area contributed by atoms with Gasteiger partial charge in [-0.3, -0.25) is 19.7 Å². The predicted octanol–water partition coefficient (Wildman–Crippen LogP) is 4.76. The Kier molecular flexibility index (Phi) is 5.73. The number of rotatable bonds is 5. The number of furan rings is 1. The number of aromatic nitrogens is 1. The zero-order valence-corrected chi connectivity index (χ0v) is 18.4. The van der Waals surface area contributed by atoms with E-state index < -0.39 is 5.91 Å². The van der Waals surface area contributed by atoms with Gasteiger partial charge in [0.15, 0.2) is 5.76 Å². The molecule has 0 radical (unpaired) electrons. The molecule has 0 saturated carbocycles. The summed E-state index contributed by atoms with van der Waals surface area (Å²) in [6.45, 7) is 3.74. The molecular formula is C23H19BrN4O3. The first-order valence-electron chi connectivity index (χ1n) is 9.50. The minimum absolute atomic E-state index is 0.172. The molecule has 2 amide bonds. The van der Waals surface area contributed by atoms with Gasteiger partial charge in [-0.25, -0.2) is 5.43 Å². The second kappa shape index (κ2) is 8.61. The second-order valence-electron chi connectivity index (χ2n) is 6.96. The van der Waals surface area contributed by atoms with E-state index in [4.69, 9.17) is 4.42 Å². The summed E-state index contributed by atoms with van der Waals surface area (Å²) in [6.07, 6.45) is 1.53. The molecule has 156 valence electrons. The summed E-state index contributed by atoms with van der Waals surface area (Å²) in [5.41, 5.74) is 8.91. The molecule has 2 aromatic heterocycles. The third kappa shape index (κ3) is 4.44. The molecule has 0 aliphatic rings. The molecule has 2 aromatic carbocycles.